The average Bonchev–Trinajstić information content (AvgIpc) is 2.59. The van der Waals surface area contributed by atoms with E-state index >= 15 is 0 Å². The summed E-state index contributed by atoms with van der Waals surface area (Å²) in [7, 11) is 0. The van der Waals surface area contributed by atoms with Crippen LogP contribution in [0.2, 0.25) is 0 Å². The second kappa shape index (κ2) is 6.77. The fraction of sp³-hybridized carbons (Fsp3) is 0.769. The van der Waals surface area contributed by atoms with Gasteiger partial charge in [-0.15, -0.1) is 0 Å². The van der Waals surface area contributed by atoms with Crippen molar-refractivity contribution in [3.8, 4) is 0 Å². The molecule has 0 saturated heterocycles. The van der Waals surface area contributed by atoms with E-state index in [1.165, 1.54) is 11.3 Å². The Hall–Kier alpha value is -0.870. The molecule has 0 fully saturated rings. The van der Waals surface area contributed by atoms with Gasteiger partial charge in [-0.1, -0.05) is 6.92 Å². The maximum Gasteiger partial charge on any atom is 0.0714 e. The lowest BCUT2D eigenvalue weighted by molar-refractivity contribution is 0.0590. The maximum absolute atomic E-state index is 5.67. The summed E-state index contributed by atoms with van der Waals surface area (Å²) in [6, 6.07) is 0. The van der Waals surface area contributed by atoms with Crippen molar-refractivity contribution in [1.82, 2.24) is 9.78 Å². The quantitative estimate of drug-likeness (QED) is 0.789. The number of hydrogen-bond donors (Lipinski definition) is 1. The first-order valence-electron chi connectivity index (χ1n) is 6.48. The van der Waals surface area contributed by atoms with Gasteiger partial charge in [-0.3, -0.25) is 4.68 Å². The van der Waals surface area contributed by atoms with Crippen LogP contribution in [0.1, 0.15) is 37.2 Å². The zero-order valence-electron chi connectivity index (χ0n) is 11.5. The summed E-state index contributed by atoms with van der Waals surface area (Å²) in [5, 5.41) is 4.57. The molecule has 98 valence electrons. The third-order valence-electron chi connectivity index (χ3n) is 3.21. The third-order valence-corrected chi connectivity index (χ3v) is 3.21. The van der Waals surface area contributed by atoms with Crippen LogP contribution in [0.5, 0.6) is 0 Å². The van der Waals surface area contributed by atoms with Crippen LogP contribution in [-0.4, -0.2) is 29.0 Å². The molecule has 4 nitrogen and oxygen atoms in total. The van der Waals surface area contributed by atoms with Crippen molar-refractivity contribution in [2.45, 2.75) is 53.2 Å². The number of nitrogens with zero attached hydrogens (tertiary/aromatic N) is 2. The number of ether oxygens (including phenoxy) is 1. The summed E-state index contributed by atoms with van der Waals surface area (Å²) in [5.41, 5.74) is 9.45. The Morgan fingerprint density at radius 1 is 1.35 bits per heavy atom. The largest absolute Gasteiger partial charge is 0.377 e. The van der Waals surface area contributed by atoms with Gasteiger partial charge in [-0.25, -0.2) is 0 Å². The first kappa shape index (κ1) is 14.2. The van der Waals surface area contributed by atoms with Crippen LogP contribution < -0.4 is 5.73 Å². The zero-order chi connectivity index (χ0) is 12.8. The lowest BCUT2D eigenvalue weighted by Gasteiger charge is -2.15. The zero-order valence-corrected chi connectivity index (χ0v) is 11.5. The topological polar surface area (TPSA) is 53.1 Å². The van der Waals surface area contributed by atoms with Gasteiger partial charge in [0, 0.05) is 25.4 Å². The summed E-state index contributed by atoms with van der Waals surface area (Å²) in [6.07, 6.45) is 2.12. The molecule has 0 bridgehead atoms. The van der Waals surface area contributed by atoms with Crippen molar-refractivity contribution in [1.29, 1.82) is 0 Å². The SMILES string of the molecule is CCOC(CN)CCn1nc(C)c(CC)c1C. The smallest absolute Gasteiger partial charge is 0.0714 e. The summed E-state index contributed by atoms with van der Waals surface area (Å²) < 4.78 is 7.63. The Morgan fingerprint density at radius 2 is 2.06 bits per heavy atom. The van der Waals surface area contributed by atoms with Crippen LogP contribution in [0.4, 0.5) is 0 Å². The summed E-state index contributed by atoms with van der Waals surface area (Å²) >= 11 is 0. The lowest BCUT2D eigenvalue weighted by Crippen LogP contribution is -2.25. The molecule has 0 aliphatic rings. The molecule has 17 heavy (non-hydrogen) atoms. The summed E-state index contributed by atoms with van der Waals surface area (Å²) in [5.74, 6) is 0. The predicted molar refractivity (Wildman–Crippen MR) is 70.2 cm³/mol. The number of rotatable bonds is 7. The first-order valence-corrected chi connectivity index (χ1v) is 6.48. The molecule has 0 saturated carbocycles. The molecular formula is C13H25N3O. The predicted octanol–water partition coefficient (Wildman–Crippen LogP) is 1.82. The van der Waals surface area contributed by atoms with Gasteiger partial charge in [-0.2, -0.15) is 5.10 Å². The van der Waals surface area contributed by atoms with Crippen LogP contribution >= 0.6 is 0 Å². The Bertz CT molecular complexity index is 347. The summed E-state index contributed by atoms with van der Waals surface area (Å²) in [6.45, 7) is 10.6. The molecule has 0 aliphatic carbocycles. The highest BCUT2D eigenvalue weighted by atomic mass is 16.5. The van der Waals surface area contributed by atoms with Gasteiger partial charge >= 0.3 is 0 Å². The van der Waals surface area contributed by atoms with E-state index in [9.17, 15) is 0 Å². The fourth-order valence-electron chi connectivity index (χ4n) is 2.23. The van der Waals surface area contributed by atoms with Crippen LogP contribution in [0.15, 0.2) is 0 Å². The third kappa shape index (κ3) is 3.54. The van der Waals surface area contributed by atoms with Crippen LogP contribution in [0.25, 0.3) is 0 Å². The molecule has 1 atom stereocenters. The van der Waals surface area contributed by atoms with Gasteiger partial charge in [0.1, 0.15) is 0 Å². The van der Waals surface area contributed by atoms with Crippen molar-refractivity contribution in [2.24, 2.45) is 5.73 Å². The standard InChI is InChI=1S/C13H25N3O/c1-5-13-10(3)15-16(11(13)4)8-7-12(9-14)17-6-2/h12H,5-9,14H2,1-4H3. The van der Waals surface area contributed by atoms with Crippen molar-refractivity contribution < 1.29 is 4.74 Å². The monoisotopic (exact) mass is 239 g/mol. The number of nitrogens with two attached hydrogens (primary N) is 1. The van der Waals surface area contributed by atoms with Crippen LogP contribution in [-0.2, 0) is 17.7 Å². The molecule has 0 aromatic carbocycles. The first-order chi connectivity index (χ1) is 8.13. The molecular weight excluding hydrogens is 214 g/mol. The minimum absolute atomic E-state index is 0.147. The Morgan fingerprint density at radius 3 is 2.53 bits per heavy atom. The molecule has 0 amide bonds. The fourth-order valence-corrected chi connectivity index (χ4v) is 2.23. The van der Waals surface area contributed by atoms with Crippen LogP contribution in [0, 0.1) is 13.8 Å². The Kier molecular flexibility index (Phi) is 5.65. The lowest BCUT2D eigenvalue weighted by atomic mass is 10.1. The van der Waals surface area contributed by atoms with E-state index in [1.807, 2.05) is 6.92 Å². The van der Waals surface area contributed by atoms with Crippen molar-refractivity contribution in [3.63, 3.8) is 0 Å². The molecule has 1 aromatic rings. The van der Waals surface area contributed by atoms with Gasteiger partial charge in [0.2, 0.25) is 0 Å². The Balaban J connectivity index is 2.62. The molecule has 0 spiro atoms. The molecule has 1 unspecified atom stereocenters. The highest BCUT2D eigenvalue weighted by Gasteiger charge is 2.11. The maximum atomic E-state index is 5.67. The van der Waals surface area contributed by atoms with E-state index in [-0.39, 0.29) is 6.10 Å². The highest BCUT2D eigenvalue weighted by molar-refractivity contribution is 5.24. The van der Waals surface area contributed by atoms with E-state index < -0.39 is 0 Å². The molecule has 1 aromatic heterocycles. The van der Waals surface area contributed by atoms with E-state index in [4.69, 9.17) is 10.5 Å². The normalized spacial score (nSPS) is 13.0. The number of aryl methyl sites for hydroxylation is 2. The van der Waals surface area contributed by atoms with E-state index in [0.717, 1.165) is 31.7 Å². The van der Waals surface area contributed by atoms with Crippen molar-refractivity contribution >= 4 is 0 Å². The molecule has 4 heteroatoms. The van der Waals surface area contributed by atoms with E-state index in [1.54, 1.807) is 0 Å². The Labute approximate surface area is 104 Å². The van der Waals surface area contributed by atoms with Gasteiger partial charge in [0.05, 0.1) is 11.8 Å². The molecule has 0 aliphatic heterocycles. The molecule has 1 heterocycles. The average molecular weight is 239 g/mol. The minimum atomic E-state index is 0.147. The molecule has 0 radical (unpaired) electrons. The van der Waals surface area contributed by atoms with Crippen molar-refractivity contribution in [2.75, 3.05) is 13.2 Å². The number of hydrogen-bond acceptors (Lipinski definition) is 3. The van der Waals surface area contributed by atoms with Gasteiger partial charge in [0.25, 0.3) is 0 Å². The summed E-state index contributed by atoms with van der Waals surface area (Å²) in [4.78, 5) is 0. The van der Waals surface area contributed by atoms with Crippen molar-refractivity contribution in [3.05, 3.63) is 17.0 Å². The number of aromatic nitrogens is 2. The van der Waals surface area contributed by atoms with Gasteiger partial charge in [-0.05, 0) is 39.2 Å². The van der Waals surface area contributed by atoms with Gasteiger partial charge < -0.3 is 10.5 Å². The van der Waals surface area contributed by atoms with Crippen LogP contribution in [0.3, 0.4) is 0 Å². The minimum Gasteiger partial charge on any atom is -0.377 e. The molecule has 2 N–H and O–H groups in total. The van der Waals surface area contributed by atoms with E-state index in [0.29, 0.717) is 6.54 Å². The van der Waals surface area contributed by atoms with E-state index in [2.05, 4.69) is 30.6 Å². The molecule has 1 rings (SSSR count). The second-order valence-electron chi connectivity index (χ2n) is 4.33. The second-order valence-corrected chi connectivity index (χ2v) is 4.33. The van der Waals surface area contributed by atoms with Gasteiger partial charge in [0.15, 0.2) is 0 Å². The highest BCUT2D eigenvalue weighted by Crippen LogP contribution is 2.14.